The van der Waals surface area contributed by atoms with Gasteiger partial charge in [-0.1, -0.05) is 6.07 Å². The van der Waals surface area contributed by atoms with Gasteiger partial charge in [-0.25, -0.2) is 15.0 Å². The Morgan fingerprint density at radius 1 is 1.08 bits per heavy atom. The van der Waals surface area contributed by atoms with E-state index < -0.39 is 18.1 Å². The average Bonchev–Trinajstić information content (AvgIpc) is 3.39. The molecule has 2 N–H and O–H groups in total. The molecule has 0 aliphatic heterocycles. The number of anilines is 3. The number of amides is 1. The first kappa shape index (κ1) is 15.9. The van der Waals surface area contributed by atoms with E-state index in [1.165, 1.54) is 23.2 Å². The van der Waals surface area contributed by atoms with Crippen LogP contribution in [0.1, 0.15) is 36.8 Å². The number of rotatable bonds is 6. The quantitative estimate of drug-likeness (QED) is 0.325. The average molecular weight is 483 g/mol. The molecule has 8 nitrogen and oxygen atoms in total. The van der Waals surface area contributed by atoms with Crippen molar-refractivity contribution in [3.63, 3.8) is 0 Å². The molecule has 0 saturated heterocycles. The second-order valence-electron chi connectivity index (χ2n) is 7.98. The van der Waals surface area contributed by atoms with Gasteiger partial charge in [0, 0.05) is 52.9 Å². The first-order valence-electron chi connectivity index (χ1n) is 14.5. The summed E-state index contributed by atoms with van der Waals surface area (Å²) in [5.74, 6) is -0.478. The zero-order valence-electron chi connectivity index (χ0n) is 26.7. The smallest absolute Gasteiger partial charge is 0.255 e. The van der Waals surface area contributed by atoms with Crippen molar-refractivity contribution in [2.75, 3.05) is 10.6 Å². The maximum absolute atomic E-state index is 13.4. The highest BCUT2D eigenvalue weighted by atomic mass is 16.1. The molecule has 0 radical (unpaired) electrons. The van der Waals surface area contributed by atoms with Crippen LogP contribution >= 0.6 is 0 Å². The van der Waals surface area contributed by atoms with E-state index >= 15 is 0 Å². The Morgan fingerprint density at radius 3 is 2.81 bits per heavy atom. The molecule has 0 saturated carbocycles. The number of carbonyl (C=O) groups is 1. The molecule has 36 heavy (non-hydrogen) atoms. The van der Waals surface area contributed by atoms with Crippen LogP contribution in [0.3, 0.4) is 0 Å². The van der Waals surface area contributed by atoms with Crippen LogP contribution in [0.25, 0.3) is 16.9 Å². The Morgan fingerprint density at radius 2 is 1.97 bits per heavy atom. The molecular weight excluding hydrogens is 450 g/mol. The SMILES string of the molecule is [2H]c1nc([2H])c(-c2ccnc(Nc3cc(C(=O)Nc4c([2H])c(C)c([2H])c(-n5cnc(C)c5)c4[2H])ccc3C)n2)c([2H])c1[2H]. The lowest BCUT2D eigenvalue weighted by molar-refractivity contribution is 0.102. The van der Waals surface area contributed by atoms with Gasteiger partial charge in [0.05, 0.1) is 27.3 Å². The monoisotopic (exact) mass is 482 g/mol. The molecule has 3 aromatic heterocycles. The molecule has 0 unspecified atom stereocenters. The molecule has 0 bridgehead atoms. The summed E-state index contributed by atoms with van der Waals surface area (Å²) in [5.41, 5.74) is 2.75. The lowest BCUT2D eigenvalue weighted by atomic mass is 10.1. The Bertz CT molecular complexity index is 1930. The molecule has 2 aromatic carbocycles. The van der Waals surface area contributed by atoms with Crippen LogP contribution in [0.5, 0.6) is 0 Å². The van der Waals surface area contributed by atoms with E-state index in [0.717, 1.165) is 5.56 Å². The number of nitrogens with zero attached hydrogens (tertiary/aromatic N) is 5. The third kappa shape index (κ3) is 5.12. The molecule has 3 heterocycles. The van der Waals surface area contributed by atoms with Crippen LogP contribution in [0.4, 0.5) is 17.3 Å². The highest BCUT2D eigenvalue weighted by molar-refractivity contribution is 6.05. The van der Waals surface area contributed by atoms with Gasteiger partial charge in [0.15, 0.2) is 0 Å². The Labute approximate surface area is 219 Å². The molecule has 0 aliphatic rings. The first-order valence-corrected chi connectivity index (χ1v) is 11.0. The van der Waals surface area contributed by atoms with Crippen molar-refractivity contribution in [1.82, 2.24) is 24.5 Å². The highest BCUT2D eigenvalue weighted by Gasteiger charge is 2.12. The van der Waals surface area contributed by atoms with E-state index in [1.807, 2.05) is 0 Å². The minimum Gasteiger partial charge on any atom is -0.324 e. The number of benzene rings is 2. The van der Waals surface area contributed by atoms with E-state index in [2.05, 4.69) is 30.6 Å². The molecule has 0 spiro atoms. The van der Waals surface area contributed by atoms with E-state index in [9.17, 15) is 4.79 Å². The van der Waals surface area contributed by atoms with Gasteiger partial charge in [-0.3, -0.25) is 9.78 Å². The molecule has 0 atom stereocenters. The first-order chi connectivity index (χ1) is 20.4. The Hall–Kier alpha value is -4.85. The Balaban J connectivity index is 1.46. The van der Waals surface area contributed by atoms with Gasteiger partial charge in [-0.2, -0.15) is 0 Å². The van der Waals surface area contributed by atoms with Crippen molar-refractivity contribution in [3.8, 4) is 16.9 Å². The normalized spacial score (nSPS) is 13.5. The predicted octanol–water partition coefficient (Wildman–Crippen LogP) is 5.65. The van der Waals surface area contributed by atoms with Crippen LogP contribution in [-0.4, -0.2) is 30.4 Å². The minimum atomic E-state index is -0.577. The van der Waals surface area contributed by atoms with Gasteiger partial charge < -0.3 is 15.2 Å². The van der Waals surface area contributed by atoms with Crippen LogP contribution in [0.2, 0.25) is 0 Å². The van der Waals surface area contributed by atoms with Crippen LogP contribution < -0.4 is 10.6 Å². The summed E-state index contributed by atoms with van der Waals surface area (Å²) in [4.78, 5) is 29.8. The van der Waals surface area contributed by atoms with Gasteiger partial charge in [0.25, 0.3) is 5.91 Å². The minimum absolute atomic E-state index is 0.00473. The van der Waals surface area contributed by atoms with Crippen molar-refractivity contribution in [1.29, 1.82) is 0 Å². The molecule has 8 heteroatoms. The highest BCUT2D eigenvalue weighted by Crippen LogP contribution is 2.24. The van der Waals surface area contributed by atoms with Crippen LogP contribution in [0, 0.1) is 20.8 Å². The maximum Gasteiger partial charge on any atom is 0.255 e. The van der Waals surface area contributed by atoms with Crippen molar-refractivity contribution >= 4 is 23.2 Å². The standard InChI is InChI=1S/C28H25N7O/c1-18-11-23(14-24(12-18)35-16-20(3)31-17-35)32-27(36)21-7-6-19(2)26(13-21)34-28-30-10-8-25(33-28)22-5-4-9-29-15-22/h4-17H,1-3H3,(H,32,36)(H,30,33,34)/i4D,5D,9D,11D,12D,14D,15D. The summed E-state index contributed by atoms with van der Waals surface area (Å²) < 4.78 is 59.0. The number of aryl methyl sites for hydroxylation is 2. The number of pyridine rings is 1. The van der Waals surface area contributed by atoms with Gasteiger partial charge >= 0.3 is 0 Å². The van der Waals surface area contributed by atoms with Crippen molar-refractivity contribution in [2.24, 2.45) is 0 Å². The summed E-state index contributed by atoms with van der Waals surface area (Å²) in [6, 6.07) is 5.24. The fourth-order valence-electron chi connectivity index (χ4n) is 3.43. The molecule has 1 amide bonds. The summed E-state index contributed by atoms with van der Waals surface area (Å²) >= 11 is 0. The van der Waals surface area contributed by atoms with Crippen molar-refractivity contribution in [3.05, 3.63) is 108 Å². The maximum atomic E-state index is 13.4. The molecular formula is C28H25N7O. The van der Waals surface area contributed by atoms with E-state index in [0.29, 0.717) is 16.9 Å². The molecule has 178 valence electrons. The van der Waals surface area contributed by atoms with Crippen LogP contribution in [0.15, 0.2) is 85.5 Å². The van der Waals surface area contributed by atoms with E-state index in [-0.39, 0.29) is 64.5 Å². The largest absolute Gasteiger partial charge is 0.324 e. The number of carbonyl (C=O) groups excluding carboxylic acids is 1. The second kappa shape index (κ2) is 9.79. The zero-order chi connectivity index (χ0) is 31.2. The lowest BCUT2D eigenvalue weighted by Gasteiger charge is -2.13. The van der Waals surface area contributed by atoms with Gasteiger partial charge in [-0.15, -0.1) is 0 Å². The van der Waals surface area contributed by atoms with E-state index in [1.54, 1.807) is 45.2 Å². The third-order valence-corrected chi connectivity index (χ3v) is 5.20. The third-order valence-electron chi connectivity index (χ3n) is 5.20. The Kier molecular flexibility index (Phi) is 4.34. The topological polar surface area (TPSA) is 97.6 Å². The number of aromatic nitrogens is 5. The van der Waals surface area contributed by atoms with E-state index in [4.69, 9.17) is 9.60 Å². The summed E-state index contributed by atoms with van der Waals surface area (Å²) in [6.45, 7) is 5.17. The number of nitrogens with one attached hydrogen (secondary N) is 2. The molecule has 0 aliphatic carbocycles. The fraction of sp³-hybridized carbons (Fsp3) is 0.107. The summed E-state index contributed by atoms with van der Waals surface area (Å²) in [7, 11) is 0. The van der Waals surface area contributed by atoms with Gasteiger partial charge in [0.2, 0.25) is 5.95 Å². The van der Waals surface area contributed by atoms with Crippen molar-refractivity contribution in [2.45, 2.75) is 20.8 Å². The number of hydrogen-bond acceptors (Lipinski definition) is 6. The second-order valence-corrected chi connectivity index (χ2v) is 7.98. The fourth-order valence-corrected chi connectivity index (χ4v) is 3.43. The molecule has 0 fully saturated rings. The predicted molar refractivity (Wildman–Crippen MR) is 141 cm³/mol. The lowest BCUT2D eigenvalue weighted by Crippen LogP contribution is -2.13. The van der Waals surface area contributed by atoms with Gasteiger partial charge in [-0.05, 0) is 80.3 Å². The summed E-state index contributed by atoms with van der Waals surface area (Å²) in [5, 5.41) is 5.71. The van der Waals surface area contributed by atoms with Gasteiger partial charge in [0.1, 0.15) is 0 Å². The zero-order valence-corrected chi connectivity index (χ0v) is 19.7. The van der Waals surface area contributed by atoms with Crippen molar-refractivity contribution < 1.29 is 14.4 Å². The van der Waals surface area contributed by atoms with Crippen LogP contribution in [-0.2, 0) is 0 Å². The summed E-state index contributed by atoms with van der Waals surface area (Å²) in [6.07, 6.45) is 3.74. The molecule has 5 aromatic rings. The number of imidazole rings is 1. The molecule has 5 rings (SSSR count). The number of hydrogen-bond donors (Lipinski definition) is 2.